The van der Waals surface area contributed by atoms with Crippen molar-refractivity contribution in [1.82, 2.24) is 9.97 Å². The van der Waals surface area contributed by atoms with Gasteiger partial charge in [-0.25, -0.2) is 4.98 Å². The Hall–Kier alpha value is -1.09. The summed E-state index contributed by atoms with van der Waals surface area (Å²) in [6, 6.07) is -0.148. The number of rotatable bonds is 2. The maximum Gasteiger partial charge on any atom is 0.103 e. The number of nitrogens with zero attached hydrogens (tertiary/aromatic N) is 1. The molecule has 0 spiro atoms. The highest BCUT2D eigenvalue weighted by Gasteiger charge is 2.02. The van der Waals surface area contributed by atoms with E-state index in [0.29, 0.717) is 0 Å². The highest BCUT2D eigenvalue weighted by molar-refractivity contribution is 5.10. The van der Waals surface area contributed by atoms with Gasteiger partial charge in [-0.1, -0.05) is 6.08 Å². The van der Waals surface area contributed by atoms with Gasteiger partial charge in [0.25, 0.3) is 0 Å². The summed E-state index contributed by atoms with van der Waals surface area (Å²) in [5, 5.41) is 0. The fourth-order valence-electron chi connectivity index (χ4n) is 0.728. The molecule has 10 heavy (non-hydrogen) atoms. The van der Waals surface area contributed by atoms with E-state index in [1.165, 1.54) is 0 Å². The minimum atomic E-state index is -0.148. The summed E-state index contributed by atoms with van der Waals surface area (Å²) in [6.45, 7) is 5.46. The molecule has 1 heterocycles. The van der Waals surface area contributed by atoms with E-state index in [1.807, 2.05) is 6.92 Å². The fraction of sp³-hybridized carbons (Fsp3) is 0.286. The van der Waals surface area contributed by atoms with Crippen LogP contribution in [0.5, 0.6) is 0 Å². The molecule has 3 heteroatoms. The molecule has 1 rings (SSSR count). The summed E-state index contributed by atoms with van der Waals surface area (Å²) in [7, 11) is 0. The predicted molar refractivity (Wildman–Crippen MR) is 40.5 cm³/mol. The number of hydrogen-bond acceptors (Lipinski definition) is 2. The Morgan fingerprint density at radius 1 is 1.90 bits per heavy atom. The van der Waals surface area contributed by atoms with Crippen LogP contribution in [0.25, 0.3) is 0 Å². The van der Waals surface area contributed by atoms with Crippen LogP contribution in [0.1, 0.15) is 17.6 Å². The maximum atomic E-state index is 5.61. The van der Waals surface area contributed by atoms with Crippen molar-refractivity contribution in [1.29, 1.82) is 0 Å². The molecule has 0 saturated carbocycles. The number of aromatic amines is 1. The molecule has 0 saturated heterocycles. The van der Waals surface area contributed by atoms with Crippen molar-refractivity contribution >= 4 is 0 Å². The van der Waals surface area contributed by atoms with Crippen molar-refractivity contribution in [2.45, 2.75) is 13.0 Å². The molecule has 1 aromatic heterocycles. The number of aromatic nitrogens is 2. The van der Waals surface area contributed by atoms with Gasteiger partial charge in [-0.3, -0.25) is 0 Å². The molecule has 0 bridgehead atoms. The Bertz CT molecular complexity index is 227. The molecule has 1 aromatic rings. The van der Waals surface area contributed by atoms with Gasteiger partial charge < -0.3 is 10.7 Å². The highest BCUT2D eigenvalue weighted by atomic mass is 14.9. The van der Waals surface area contributed by atoms with Gasteiger partial charge in [0.05, 0.1) is 11.7 Å². The van der Waals surface area contributed by atoms with Crippen LogP contribution in [0.15, 0.2) is 18.9 Å². The molecule has 0 aromatic carbocycles. The zero-order valence-corrected chi connectivity index (χ0v) is 5.96. The van der Waals surface area contributed by atoms with Gasteiger partial charge in [-0.05, 0) is 6.92 Å². The number of nitrogens with one attached hydrogen (secondary N) is 1. The average molecular weight is 137 g/mol. The molecule has 54 valence electrons. The molecular formula is C7H11N3. The minimum absolute atomic E-state index is 0.148. The molecule has 0 radical (unpaired) electrons. The number of H-pyrrole nitrogens is 1. The summed E-state index contributed by atoms with van der Waals surface area (Å²) in [6.07, 6.45) is 3.46. The van der Waals surface area contributed by atoms with Crippen molar-refractivity contribution < 1.29 is 0 Å². The Morgan fingerprint density at radius 2 is 2.60 bits per heavy atom. The lowest BCUT2D eigenvalue weighted by Gasteiger charge is -1.97. The van der Waals surface area contributed by atoms with Crippen LogP contribution in [0.2, 0.25) is 0 Å². The highest BCUT2D eigenvalue weighted by Crippen LogP contribution is 2.06. The molecule has 1 unspecified atom stereocenters. The SMILES string of the molecule is C=CC(N)c1c[nH]c(C)n1. The topological polar surface area (TPSA) is 54.7 Å². The van der Waals surface area contributed by atoms with E-state index in [0.717, 1.165) is 11.5 Å². The van der Waals surface area contributed by atoms with Gasteiger partial charge in [-0.2, -0.15) is 0 Å². The monoisotopic (exact) mass is 137 g/mol. The zero-order chi connectivity index (χ0) is 7.56. The second-order valence-corrected chi connectivity index (χ2v) is 2.17. The molecule has 0 aliphatic heterocycles. The fourth-order valence-corrected chi connectivity index (χ4v) is 0.728. The van der Waals surface area contributed by atoms with E-state index in [4.69, 9.17) is 5.73 Å². The van der Waals surface area contributed by atoms with E-state index in [9.17, 15) is 0 Å². The Balaban J connectivity index is 2.84. The number of aryl methyl sites for hydroxylation is 1. The number of nitrogens with two attached hydrogens (primary N) is 1. The second-order valence-electron chi connectivity index (χ2n) is 2.17. The van der Waals surface area contributed by atoms with E-state index in [1.54, 1.807) is 12.3 Å². The second kappa shape index (κ2) is 2.66. The van der Waals surface area contributed by atoms with Gasteiger partial charge in [-0.15, -0.1) is 6.58 Å². The summed E-state index contributed by atoms with van der Waals surface area (Å²) in [5.74, 6) is 0.882. The molecule has 1 atom stereocenters. The van der Waals surface area contributed by atoms with E-state index >= 15 is 0 Å². The number of imidazole rings is 1. The number of hydrogen-bond donors (Lipinski definition) is 2. The quantitative estimate of drug-likeness (QED) is 0.595. The van der Waals surface area contributed by atoms with Crippen LogP contribution in [0.3, 0.4) is 0 Å². The van der Waals surface area contributed by atoms with Crippen LogP contribution >= 0.6 is 0 Å². The van der Waals surface area contributed by atoms with Crippen LogP contribution in [0, 0.1) is 6.92 Å². The van der Waals surface area contributed by atoms with Gasteiger partial charge in [0.15, 0.2) is 0 Å². The first-order valence-electron chi connectivity index (χ1n) is 3.14. The third-order valence-corrected chi connectivity index (χ3v) is 1.32. The van der Waals surface area contributed by atoms with Crippen LogP contribution < -0.4 is 5.73 Å². The lowest BCUT2D eigenvalue weighted by atomic mass is 10.2. The molecule has 0 amide bonds. The minimum Gasteiger partial charge on any atom is -0.348 e. The maximum absolute atomic E-state index is 5.61. The van der Waals surface area contributed by atoms with Crippen molar-refractivity contribution in [2.24, 2.45) is 5.73 Å². The van der Waals surface area contributed by atoms with Gasteiger partial charge in [0.2, 0.25) is 0 Å². The normalized spacial score (nSPS) is 13.0. The largest absolute Gasteiger partial charge is 0.348 e. The van der Waals surface area contributed by atoms with Gasteiger partial charge in [0.1, 0.15) is 5.82 Å². The first kappa shape index (κ1) is 7.02. The lowest BCUT2D eigenvalue weighted by Crippen LogP contribution is -2.06. The molecule has 0 fully saturated rings. The molecule has 3 nitrogen and oxygen atoms in total. The Kier molecular flexibility index (Phi) is 1.87. The van der Waals surface area contributed by atoms with E-state index < -0.39 is 0 Å². The third kappa shape index (κ3) is 1.25. The average Bonchev–Trinajstić information content (AvgIpc) is 2.34. The first-order chi connectivity index (χ1) is 4.74. The van der Waals surface area contributed by atoms with Crippen molar-refractivity contribution in [3.8, 4) is 0 Å². The van der Waals surface area contributed by atoms with Crippen LogP contribution in [-0.4, -0.2) is 9.97 Å². The summed E-state index contributed by atoms with van der Waals surface area (Å²) >= 11 is 0. The van der Waals surface area contributed by atoms with Crippen molar-refractivity contribution in [3.63, 3.8) is 0 Å². The smallest absolute Gasteiger partial charge is 0.103 e. The van der Waals surface area contributed by atoms with E-state index in [-0.39, 0.29) is 6.04 Å². The summed E-state index contributed by atoms with van der Waals surface area (Å²) in [4.78, 5) is 7.07. The van der Waals surface area contributed by atoms with Gasteiger partial charge >= 0.3 is 0 Å². The standard InChI is InChI=1S/C7H11N3/c1-3-6(8)7-4-9-5(2)10-7/h3-4,6H,1,8H2,2H3,(H,9,10). The first-order valence-corrected chi connectivity index (χ1v) is 3.14. The van der Waals surface area contributed by atoms with E-state index in [2.05, 4.69) is 16.5 Å². The van der Waals surface area contributed by atoms with Gasteiger partial charge in [0, 0.05) is 6.20 Å². The summed E-state index contributed by atoms with van der Waals surface area (Å²) in [5.41, 5.74) is 6.45. The third-order valence-electron chi connectivity index (χ3n) is 1.32. The summed E-state index contributed by atoms with van der Waals surface area (Å²) < 4.78 is 0. The molecule has 0 aliphatic rings. The molecule has 3 N–H and O–H groups in total. The van der Waals surface area contributed by atoms with Crippen LogP contribution in [0.4, 0.5) is 0 Å². The van der Waals surface area contributed by atoms with Crippen molar-refractivity contribution in [2.75, 3.05) is 0 Å². The Morgan fingerprint density at radius 3 is 3.00 bits per heavy atom. The molecule has 0 aliphatic carbocycles. The van der Waals surface area contributed by atoms with Crippen molar-refractivity contribution in [3.05, 3.63) is 30.4 Å². The molecular weight excluding hydrogens is 126 g/mol. The zero-order valence-electron chi connectivity index (χ0n) is 5.96. The predicted octanol–water partition coefficient (Wildman–Crippen LogP) is 0.904. The van der Waals surface area contributed by atoms with Crippen LogP contribution in [-0.2, 0) is 0 Å². The lowest BCUT2D eigenvalue weighted by molar-refractivity contribution is 0.871. The Labute approximate surface area is 60.0 Å².